The normalized spacial score (nSPS) is 11.0. The number of benzene rings is 1. The van der Waals surface area contributed by atoms with Gasteiger partial charge in [-0.15, -0.1) is 11.3 Å². The second-order valence-electron chi connectivity index (χ2n) is 6.01. The molecule has 0 atom stereocenters. The Hall–Kier alpha value is -1.73. The maximum atomic E-state index is 12.3. The number of thiophene rings is 1. The molecule has 136 valence electrons. The Kier molecular flexibility index (Phi) is 6.43. The first-order valence-corrected chi connectivity index (χ1v) is 9.92. The van der Waals surface area contributed by atoms with Gasteiger partial charge in [-0.1, -0.05) is 36.0 Å². The fraction of sp³-hybridized carbons (Fsp3) is 0.263. The number of aryl methyl sites for hydroxylation is 1. The summed E-state index contributed by atoms with van der Waals surface area (Å²) in [7, 11) is 0. The third-order valence-corrected chi connectivity index (χ3v) is 5.89. The number of amides is 1. The Morgan fingerprint density at radius 3 is 2.81 bits per heavy atom. The predicted molar refractivity (Wildman–Crippen MR) is 109 cm³/mol. The van der Waals surface area contributed by atoms with Crippen molar-refractivity contribution in [2.45, 2.75) is 25.8 Å². The molecule has 1 aromatic carbocycles. The second-order valence-corrected chi connectivity index (χ2v) is 7.99. The molecule has 0 saturated heterocycles. The first-order valence-electron chi connectivity index (χ1n) is 8.32. The molecule has 0 aliphatic heterocycles. The van der Waals surface area contributed by atoms with Gasteiger partial charge in [0.2, 0.25) is 5.91 Å². The van der Waals surface area contributed by atoms with Gasteiger partial charge in [0.15, 0.2) is 0 Å². The number of hydrogen-bond acceptors (Lipinski definition) is 4. The van der Waals surface area contributed by atoms with Gasteiger partial charge in [-0.3, -0.25) is 4.79 Å². The lowest BCUT2D eigenvalue weighted by molar-refractivity contribution is -0.120. The molecule has 7 heteroatoms. The van der Waals surface area contributed by atoms with E-state index in [0.29, 0.717) is 16.1 Å². The van der Waals surface area contributed by atoms with Crippen LogP contribution in [0.5, 0.6) is 0 Å². The zero-order chi connectivity index (χ0) is 18.5. The van der Waals surface area contributed by atoms with Gasteiger partial charge in [0.05, 0.1) is 10.9 Å². The van der Waals surface area contributed by atoms with Crippen LogP contribution >= 0.6 is 35.2 Å². The standard InChI is InChI=1S/C19H19ClN2O2S2/c20-14-5-3-12(4-6-14)10-21-17(24)8-13-11-22-19-16(18(13)25)9-15(26-19)2-1-7-23/h3-6,9,11,23H,1-2,7-8,10H2,(H,21,24)(H,22,25). The van der Waals surface area contributed by atoms with Crippen LogP contribution in [-0.2, 0) is 24.2 Å². The summed E-state index contributed by atoms with van der Waals surface area (Å²) < 4.78 is 0.715. The van der Waals surface area contributed by atoms with Crippen LogP contribution in [0.3, 0.4) is 0 Å². The number of aromatic nitrogens is 1. The molecule has 0 radical (unpaired) electrons. The highest BCUT2D eigenvalue weighted by Gasteiger charge is 2.10. The number of halogens is 1. The highest BCUT2D eigenvalue weighted by molar-refractivity contribution is 7.71. The van der Waals surface area contributed by atoms with Crippen LogP contribution in [0.15, 0.2) is 36.5 Å². The molecule has 0 aliphatic rings. The monoisotopic (exact) mass is 406 g/mol. The number of aliphatic hydroxyl groups excluding tert-OH is 1. The maximum Gasteiger partial charge on any atom is 0.224 e. The van der Waals surface area contributed by atoms with E-state index in [0.717, 1.165) is 34.2 Å². The largest absolute Gasteiger partial charge is 0.396 e. The van der Waals surface area contributed by atoms with E-state index in [-0.39, 0.29) is 18.9 Å². The van der Waals surface area contributed by atoms with E-state index >= 15 is 0 Å². The minimum Gasteiger partial charge on any atom is -0.396 e. The second kappa shape index (κ2) is 8.77. The number of pyridine rings is 1. The molecule has 0 bridgehead atoms. The third kappa shape index (κ3) is 4.71. The molecular weight excluding hydrogens is 388 g/mol. The van der Waals surface area contributed by atoms with Crippen molar-refractivity contribution in [2.75, 3.05) is 6.61 Å². The number of aliphatic hydroxyl groups is 1. The zero-order valence-corrected chi connectivity index (χ0v) is 16.4. The highest BCUT2D eigenvalue weighted by atomic mass is 35.5. The summed E-state index contributed by atoms with van der Waals surface area (Å²) in [5.41, 5.74) is 1.81. The fourth-order valence-corrected chi connectivity index (χ4v) is 4.21. The summed E-state index contributed by atoms with van der Waals surface area (Å²) in [6.45, 7) is 0.635. The van der Waals surface area contributed by atoms with E-state index in [1.54, 1.807) is 23.5 Å². The van der Waals surface area contributed by atoms with Crippen LogP contribution < -0.4 is 5.32 Å². The minimum absolute atomic E-state index is 0.0745. The van der Waals surface area contributed by atoms with Crippen molar-refractivity contribution < 1.29 is 9.90 Å². The Balaban J connectivity index is 1.67. The van der Waals surface area contributed by atoms with E-state index in [1.807, 2.05) is 18.3 Å². The quantitative estimate of drug-likeness (QED) is 0.509. The van der Waals surface area contributed by atoms with E-state index in [1.165, 1.54) is 4.88 Å². The van der Waals surface area contributed by atoms with Gasteiger partial charge in [0.25, 0.3) is 0 Å². The maximum absolute atomic E-state index is 12.3. The molecule has 26 heavy (non-hydrogen) atoms. The molecule has 0 spiro atoms. The number of carbonyl (C=O) groups excluding carboxylic acids is 1. The molecule has 0 unspecified atom stereocenters. The Morgan fingerprint density at radius 1 is 1.31 bits per heavy atom. The van der Waals surface area contributed by atoms with Crippen molar-refractivity contribution >= 4 is 51.3 Å². The summed E-state index contributed by atoms with van der Waals surface area (Å²) in [5, 5.41) is 13.5. The average molecular weight is 407 g/mol. The molecule has 1 amide bonds. The van der Waals surface area contributed by atoms with Crippen molar-refractivity contribution in [1.82, 2.24) is 10.3 Å². The van der Waals surface area contributed by atoms with Crippen molar-refractivity contribution in [3.05, 3.63) is 62.1 Å². The van der Waals surface area contributed by atoms with Crippen LogP contribution in [0, 0.1) is 4.51 Å². The van der Waals surface area contributed by atoms with Gasteiger partial charge < -0.3 is 15.4 Å². The minimum atomic E-state index is -0.0745. The molecular formula is C19H19ClN2O2S2. The molecule has 0 aliphatic carbocycles. The summed E-state index contributed by atoms with van der Waals surface area (Å²) >= 11 is 13.1. The number of aromatic amines is 1. The number of nitrogens with one attached hydrogen (secondary N) is 2. The topological polar surface area (TPSA) is 65.1 Å². The average Bonchev–Trinajstić information content (AvgIpc) is 3.06. The molecule has 2 heterocycles. The number of rotatable bonds is 7. The SMILES string of the molecule is O=C(Cc1c[nH]c2sc(CCCO)cc2c1=S)NCc1ccc(Cl)cc1. The number of carbonyl (C=O) groups is 1. The summed E-state index contributed by atoms with van der Waals surface area (Å²) in [6, 6.07) is 9.44. The van der Waals surface area contributed by atoms with Crippen molar-refractivity contribution in [3.63, 3.8) is 0 Å². The Morgan fingerprint density at radius 2 is 2.08 bits per heavy atom. The number of fused-ring (bicyclic) bond motifs is 1. The molecule has 0 fully saturated rings. The van der Waals surface area contributed by atoms with E-state index in [9.17, 15) is 4.79 Å². The molecule has 0 saturated carbocycles. The first-order chi connectivity index (χ1) is 12.6. The van der Waals surface area contributed by atoms with Gasteiger partial charge in [-0.05, 0) is 42.2 Å². The lowest BCUT2D eigenvalue weighted by Crippen LogP contribution is -2.24. The van der Waals surface area contributed by atoms with Gasteiger partial charge in [0, 0.05) is 34.6 Å². The lowest BCUT2D eigenvalue weighted by atomic mass is 10.1. The van der Waals surface area contributed by atoms with Crippen LogP contribution in [-0.4, -0.2) is 22.6 Å². The van der Waals surface area contributed by atoms with Crippen molar-refractivity contribution in [2.24, 2.45) is 0 Å². The smallest absolute Gasteiger partial charge is 0.224 e. The summed E-state index contributed by atoms with van der Waals surface area (Å²) in [5.74, 6) is -0.0745. The summed E-state index contributed by atoms with van der Waals surface area (Å²) in [6.07, 6.45) is 3.62. The first kappa shape index (κ1) is 19.0. The Labute approximate surface area is 165 Å². The van der Waals surface area contributed by atoms with E-state index in [4.69, 9.17) is 28.9 Å². The van der Waals surface area contributed by atoms with Crippen LogP contribution in [0.4, 0.5) is 0 Å². The summed E-state index contributed by atoms with van der Waals surface area (Å²) in [4.78, 5) is 17.7. The number of H-pyrrole nitrogens is 1. The van der Waals surface area contributed by atoms with Gasteiger partial charge in [-0.2, -0.15) is 0 Å². The Bertz CT molecular complexity index is 964. The van der Waals surface area contributed by atoms with Crippen molar-refractivity contribution in [1.29, 1.82) is 0 Å². The molecule has 4 nitrogen and oxygen atoms in total. The highest BCUT2D eigenvalue weighted by Crippen LogP contribution is 2.27. The molecule has 3 rings (SSSR count). The molecule has 3 aromatic rings. The van der Waals surface area contributed by atoms with Crippen molar-refractivity contribution in [3.8, 4) is 0 Å². The predicted octanol–water partition coefficient (Wildman–Crippen LogP) is 4.40. The van der Waals surface area contributed by atoms with E-state index in [2.05, 4.69) is 16.4 Å². The fourth-order valence-electron chi connectivity index (χ4n) is 2.66. The molecule has 3 N–H and O–H groups in total. The van der Waals surface area contributed by atoms with Gasteiger partial charge in [-0.25, -0.2) is 0 Å². The number of hydrogen-bond donors (Lipinski definition) is 3. The lowest BCUT2D eigenvalue weighted by Gasteiger charge is -2.06. The third-order valence-electron chi connectivity index (χ3n) is 4.03. The zero-order valence-electron chi connectivity index (χ0n) is 14.0. The van der Waals surface area contributed by atoms with Crippen LogP contribution in [0.25, 0.3) is 10.2 Å². The van der Waals surface area contributed by atoms with Gasteiger partial charge >= 0.3 is 0 Å². The molecule has 2 aromatic heterocycles. The van der Waals surface area contributed by atoms with E-state index < -0.39 is 0 Å². The van der Waals surface area contributed by atoms with Crippen LogP contribution in [0.2, 0.25) is 5.02 Å². The van der Waals surface area contributed by atoms with Crippen LogP contribution in [0.1, 0.15) is 22.4 Å². The van der Waals surface area contributed by atoms with Gasteiger partial charge in [0.1, 0.15) is 4.83 Å².